The van der Waals surface area contributed by atoms with Crippen LogP contribution in [0.15, 0.2) is 24.3 Å². The van der Waals surface area contributed by atoms with Crippen LogP contribution in [-0.4, -0.2) is 34.5 Å². The van der Waals surface area contributed by atoms with Crippen LogP contribution >= 0.6 is 12.2 Å². The average Bonchev–Trinajstić information content (AvgIpc) is 2.28. The second-order valence-electron chi connectivity index (χ2n) is 3.87. The minimum absolute atomic E-state index is 0.00961. The summed E-state index contributed by atoms with van der Waals surface area (Å²) in [6.07, 6.45) is -2.57. The van der Waals surface area contributed by atoms with Crippen LogP contribution in [0.5, 0.6) is 0 Å². The zero-order chi connectivity index (χ0) is 14.8. The Hall–Kier alpha value is -1.70. The maximum atomic E-state index is 12.4. The average molecular weight is 292 g/mol. The van der Waals surface area contributed by atoms with Gasteiger partial charge in [-0.25, -0.2) is 0 Å². The number of hydrogen-bond acceptors (Lipinski definition) is 3. The first kappa shape index (κ1) is 15.4. The standard InChI is InChI=1S/C11H11F3N2O2S/c1-3-4-16-9(18)7(8(17)15-10(16)19)5-6(2)11(12,13)14/h3,5-6H,1,4H2,2H3,(H,15,17,19)/b7-5+. The van der Waals surface area contributed by atoms with Crippen molar-refractivity contribution in [1.82, 2.24) is 10.2 Å². The highest BCUT2D eigenvalue weighted by Crippen LogP contribution is 2.28. The number of nitrogens with zero attached hydrogens (tertiary/aromatic N) is 1. The maximum Gasteiger partial charge on any atom is 0.394 e. The van der Waals surface area contributed by atoms with Gasteiger partial charge in [-0.05, 0) is 12.2 Å². The van der Waals surface area contributed by atoms with Crippen molar-refractivity contribution in [2.45, 2.75) is 13.1 Å². The molecule has 0 aromatic rings. The topological polar surface area (TPSA) is 49.4 Å². The number of rotatable bonds is 3. The highest BCUT2D eigenvalue weighted by atomic mass is 32.1. The van der Waals surface area contributed by atoms with Crippen LogP contribution in [0.25, 0.3) is 0 Å². The maximum absolute atomic E-state index is 12.4. The molecule has 1 saturated heterocycles. The molecule has 0 bridgehead atoms. The molecule has 2 amide bonds. The van der Waals surface area contributed by atoms with Crippen LogP contribution < -0.4 is 5.32 Å². The molecule has 1 unspecified atom stereocenters. The molecular weight excluding hydrogens is 281 g/mol. The van der Waals surface area contributed by atoms with Crippen molar-refractivity contribution in [2.24, 2.45) is 5.92 Å². The Labute approximate surface area is 112 Å². The smallest absolute Gasteiger partial charge is 0.298 e. The molecular formula is C11H11F3N2O2S. The van der Waals surface area contributed by atoms with Crippen molar-refractivity contribution >= 4 is 29.1 Å². The predicted octanol–water partition coefficient (Wildman–Crippen LogP) is 1.54. The van der Waals surface area contributed by atoms with E-state index in [1.54, 1.807) is 0 Å². The van der Waals surface area contributed by atoms with Crippen molar-refractivity contribution in [1.29, 1.82) is 0 Å². The number of alkyl halides is 3. The fourth-order valence-electron chi connectivity index (χ4n) is 1.35. The summed E-state index contributed by atoms with van der Waals surface area (Å²) in [6, 6.07) is 0. The molecule has 0 aromatic heterocycles. The largest absolute Gasteiger partial charge is 0.394 e. The first-order valence-corrected chi connectivity index (χ1v) is 5.66. The summed E-state index contributed by atoms with van der Waals surface area (Å²) < 4.78 is 37.3. The minimum atomic E-state index is -4.52. The Morgan fingerprint density at radius 3 is 2.53 bits per heavy atom. The summed E-state index contributed by atoms with van der Waals surface area (Å²) >= 11 is 4.76. The molecule has 0 saturated carbocycles. The van der Waals surface area contributed by atoms with Gasteiger partial charge in [-0.15, -0.1) is 6.58 Å². The second kappa shape index (κ2) is 5.52. The zero-order valence-corrected chi connectivity index (χ0v) is 10.8. The Bertz CT molecular complexity index is 471. The first-order chi connectivity index (χ1) is 8.68. The summed E-state index contributed by atoms with van der Waals surface area (Å²) in [4.78, 5) is 24.4. The second-order valence-corrected chi connectivity index (χ2v) is 4.26. The van der Waals surface area contributed by atoms with Gasteiger partial charge in [-0.1, -0.05) is 19.1 Å². The number of thiocarbonyl (C=S) groups is 1. The highest BCUT2D eigenvalue weighted by Gasteiger charge is 2.38. The number of nitrogens with one attached hydrogen (secondary N) is 1. The molecule has 1 heterocycles. The quantitative estimate of drug-likeness (QED) is 0.371. The third-order valence-corrected chi connectivity index (χ3v) is 2.75. The van der Waals surface area contributed by atoms with E-state index in [1.165, 1.54) is 6.08 Å². The number of carbonyl (C=O) groups excluding carboxylic acids is 2. The van der Waals surface area contributed by atoms with Crippen molar-refractivity contribution in [2.75, 3.05) is 6.54 Å². The number of hydrogen-bond donors (Lipinski definition) is 1. The van der Waals surface area contributed by atoms with E-state index in [9.17, 15) is 22.8 Å². The summed E-state index contributed by atoms with van der Waals surface area (Å²) in [5, 5.41) is 2.02. The lowest BCUT2D eigenvalue weighted by atomic mass is 10.0. The van der Waals surface area contributed by atoms with Gasteiger partial charge in [0.1, 0.15) is 5.57 Å². The fraction of sp³-hybridized carbons (Fsp3) is 0.364. The van der Waals surface area contributed by atoms with Crippen molar-refractivity contribution in [3.05, 3.63) is 24.3 Å². The van der Waals surface area contributed by atoms with Gasteiger partial charge in [0, 0.05) is 6.54 Å². The van der Waals surface area contributed by atoms with Crippen molar-refractivity contribution in [3.8, 4) is 0 Å². The highest BCUT2D eigenvalue weighted by molar-refractivity contribution is 7.80. The van der Waals surface area contributed by atoms with Gasteiger partial charge < -0.3 is 0 Å². The van der Waals surface area contributed by atoms with Gasteiger partial charge in [0.05, 0.1) is 5.92 Å². The van der Waals surface area contributed by atoms with Crippen LogP contribution in [0.1, 0.15) is 6.92 Å². The molecule has 1 aliphatic rings. The normalized spacial score (nSPS) is 20.5. The van der Waals surface area contributed by atoms with Gasteiger partial charge in [0.25, 0.3) is 11.8 Å². The molecule has 1 aliphatic heterocycles. The molecule has 8 heteroatoms. The summed E-state index contributed by atoms with van der Waals surface area (Å²) in [6.45, 7) is 4.27. The monoisotopic (exact) mass is 292 g/mol. The van der Waals surface area contributed by atoms with E-state index < -0.39 is 29.5 Å². The lowest BCUT2D eigenvalue weighted by molar-refractivity contribution is -0.156. The lowest BCUT2D eigenvalue weighted by Crippen LogP contribution is -2.54. The Morgan fingerprint density at radius 1 is 1.47 bits per heavy atom. The van der Waals surface area contributed by atoms with E-state index in [4.69, 9.17) is 12.2 Å². The van der Waals surface area contributed by atoms with Crippen LogP contribution in [0, 0.1) is 5.92 Å². The summed E-state index contributed by atoms with van der Waals surface area (Å²) in [7, 11) is 0. The number of amides is 2. The molecule has 0 aliphatic carbocycles. The van der Waals surface area contributed by atoms with Crippen molar-refractivity contribution in [3.63, 3.8) is 0 Å². The fourth-order valence-corrected chi connectivity index (χ4v) is 1.60. The third-order valence-electron chi connectivity index (χ3n) is 2.43. The third kappa shape index (κ3) is 3.40. The van der Waals surface area contributed by atoms with E-state index in [1.807, 2.05) is 0 Å². The van der Waals surface area contributed by atoms with Gasteiger partial charge in [0.15, 0.2) is 5.11 Å². The van der Waals surface area contributed by atoms with Crippen molar-refractivity contribution < 1.29 is 22.8 Å². The Kier molecular flexibility index (Phi) is 4.46. The van der Waals surface area contributed by atoms with Crippen LogP contribution in [0.3, 0.4) is 0 Å². The van der Waals surface area contributed by atoms with Gasteiger partial charge >= 0.3 is 6.18 Å². The molecule has 4 nitrogen and oxygen atoms in total. The lowest BCUT2D eigenvalue weighted by Gasteiger charge is -2.28. The van der Waals surface area contributed by atoms with E-state index >= 15 is 0 Å². The van der Waals surface area contributed by atoms with Gasteiger partial charge in [-0.3, -0.25) is 19.8 Å². The molecule has 1 atom stereocenters. The Balaban J connectivity index is 3.09. The summed E-state index contributed by atoms with van der Waals surface area (Å²) in [5.41, 5.74) is -0.569. The molecule has 1 N–H and O–H groups in total. The predicted molar refractivity (Wildman–Crippen MR) is 66.0 cm³/mol. The van der Waals surface area contributed by atoms with E-state index in [0.29, 0.717) is 6.08 Å². The number of allylic oxidation sites excluding steroid dienone is 1. The minimum Gasteiger partial charge on any atom is -0.298 e. The molecule has 19 heavy (non-hydrogen) atoms. The zero-order valence-electron chi connectivity index (χ0n) is 9.95. The van der Waals surface area contributed by atoms with Gasteiger partial charge in [-0.2, -0.15) is 13.2 Å². The van der Waals surface area contributed by atoms with Crippen LogP contribution in [-0.2, 0) is 9.59 Å². The number of halogens is 3. The molecule has 1 fully saturated rings. The first-order valence-electron chi connectivity index (χ1n) is 5.25. The molecule has 0 aromatic carbocycles. The molecule has 104 valence electrons. The SMILES string of the molecule is C=CCN1C(=O)/C(=C/C(C)C(F)(F)F)C(=O)NC1=S. The van der Waals surface area contributed by atoms with Crippen LogP contribution in [0.4, 0.5) is 13.2 Å². The van der Waals surface area contributed by atoms with E-state index in [2.05, 4.69) is 11.9 Å². The summed E-state index contributed by atoms with van der Waals surface area (Å²) in [5.74, 6) is -3.69. The van der Waals surface area contributed by atoms with E-state index in [-0.39, 0.29) is 11.7 Å². The van der Waals surface area contributed by atoms with E-state index in [0.717, 1.165) is 11.8 Å². The number of carbonyl (C=O) groups is 2. The molecule has 0 radical (unpaired) electrons. The van der Waals surface area contributed by atoms with Gasteiger partial charge in [0.2, 0.25) is 0 Å². The molecule has 1 rings (SSSR count). The Morgan fingerprint density at radius 2 is 2.05 bits per heavy atom. The van der Waals surface area contributed by atoms with Crippen LogP contribution in [0.2, 0.25) is 0 Å². The molecule has 0 spiro atoms.